The standard InChI is InChI=1S/C9H4N6/c10-3-7-14-9-8(12-5-13-9)6-4-11-1-2-15(6)7/h1-2,4-5H. The van der Waals surface area contributed by atoms with E-state index in [4.69, 9.17) is 5.26 Å². The van der Waals surface area contributed by atoms with Crippen molar-refractivity contribution >= 4 is 5.52 Å². The van der Waals surface area contributed by atoms with Gasteiger partial charge in [0.05, 0.1) is 11.7 Å². The Balaban J connectivity index is 2.60. The van der Waals surface area contributed by atoms with Gasteiger partial charge in [0.25, 0.3) is 0 Å². The molecule has 0 saturated heterocycles. The highest BCUT2D eigenvalue weighted by Crippen LogP contribution is 2.20. The minimum Gasteiger partial charge on any atom is -0.287 e. The largest absolute Gasteiger partial charge is 0.287 e. The van der Waals surface area contributed by atoms with Crippen molar-refractivity contribution in [3.63, 3.8) is 0 Å². The van der Waals surface area contributed by atoms with E-state index in [-0.39, 0.29) is 5.82 Å². The molecule has 0 atom stereocenters. The van der Waals surface area contributed by atoms with Crippen LogP contribution < -0.4 is 0 Å². The fourth-order valence-corrected chi connectivity index (χ4v) is 1.48. The van der Waals surface area contributed by atoms with Crippen molar-refractivity contribution in [3.8, 4) is 17.6 Å². The molecule has 0 saturated carbocycles. The van der Waals surface area contributed by atoms with Gasteiger partial charge in [-0.1, -0.05) is 0 Å². The molecule has 0 unspecified atom stereocenters. The van der Waals surface area contributed by atoms with Gasteiger partial charge < -0.3 is 0 Å². The molecule has 0 fully saturated rings. The second kappa shape index (κ2) is 2.72. The first-order chi connectivity index (χ1) is 7.40. The van der Waals surface area contributed by atoms with Crippen LogP contribution in [0.4, 0.5) is 0 Å². The average Bonchev–Trinajstić information content (AvgIpc) is 2.76. The second-order valence-corrected chi connectivity index (χ2v) is 2.92. The number of aromatic nitrogens is 5. The number of fused-ring (bicyclic) bond motifs is 3. The van der Waals surface area contributed by atoms with Crippen LogP contribution in [-0.4, -0.2) is 24.3 Å². The smallest absolute Gasteiger partial charge is 0.219 e. The lowest BCUT2D eigenvalue weighted by Crippen LogP contribution is -2.02. The maximum atomic E-state index is 8.93. The third kappa shape index (κ3) is 0.971. The zero-order chi connectivity index (χ0) is 10.3. The second-order valence-electron chi connectivity index (χ2n) is 2.92. The van der Waals surface area contributed by atoms with Crippen LogP contribution in [0.5, 0.6) is 0 Å². The summed E-state index contributed by atoms with van der Waals surface area (Å²) >= 11 is 0. The summed E-state index contributed by atoms with van der Waals surface area (Å²) in [4.78, 5) is 16.1. The highest BCUT2D eigenvalue weighted by Gasteiger charge is 2.14. The van der Waals surface area contributed by atoms with Crippen molar-refractivity contribution in [3.05, 3.63) is 30.7 Å². The third-order valence-electron chi connectivity index (χ3n) is 2.12. The van der Waals surface area contributed by atoms with Crippen molar-refractivity contribution in [2.45, 2.75) is 0 Å². The van der Waals surface area contributed by atoms with E-state index in [1.165, 1.54) is 6.33 Å². The van der Waals surface area contributed by atoms with Crippen LogP contribution in [-0.2, 0) is 0 Å². The molecular weight excluding hydrogens is 192 g/mol. The van der Waals surface area contributed by atoms with Crippen LogP contribution in [0.1, 0.15) is 5.82 Å². The Hall–Kier alpha value is -2.55. The van der Waals surface area contributed by atoms with Gasteiger partial charge in [-0.25, -0.2) is 9.97 Å². The molecule has 2 aliphatic heterocycles. The zero-order valence-corrected chi connectivity index (χ0v) is 7.49. The van der Waals surface area contributed by atoms with Gasteiger partial charge in [0.1, 0.15) is 18.1 Å². The molecule has 0 aliphatic carbocycles. The van der Waals surface area contributed by atoms with E-state index in [1.807, 2.05) is 6.07 Å². The van der Waals surface area contributed by atoms with Crippen molar-refractivity contribution in [2.24, 2.45) is 0 Å². The molecule has 0 radical (unpaired) electrons. The Labute approximate surface area is 84.2 Å². The van der Waals surface area contributed by atoms with Gasteiger partial charge in [-0.05, 0) is 0 Å². The number of nitrogens with zero attached hydrogens (tertiary/aromatic N) is 6. The number of hydrogen-bond acceptors (Lipinski definition) is 5. The molecule has 2 aliphatic rings. The summed E-state index contributed by atoms with van der Waals surface area (Å²) in [5, 5.41) is 8.93. The summed E-state index contributed by atoms with van der Waals surface area (Å²) in [5.41, 5.74) is 1.39. The lowest BCUT2D eigenvalue weighted by molar-refractivity contribution is 0.998. The number of rotatable bonds is 0. The molecule has 0 aromatic carbocycles. The number of imidazole rings is 1. The van der Waals surface area contributed by atoms with Gasteiger partial charge in [-0.2, -0.15) is 10.2 Å². The first-order valence-corrected chi connectivity index (χ1v) is 4.23. The molecule has 3 heterocycles. The lowest BCUT2D eigenvalue weighted by atomic mass is 10.3. The Morgan fingerprint density at radius 2 is 2.27 bits per heavy atom. The van der Waals surface area contributed by atoms with Gasteiger partial charge in [-0.15, -0.1) is 0 Å². The summed E-state index contributed by atoms with van der Waals surface area (Å²) in [6, 6.07) is 2.01. The van der Waals surface area contributed by atoms with E-state index in [1.54, 1.807) is 23.0 Å². The molecule has 6 nitrogen and oxygen atoms in total. The molecule has 6 heteroatoms. The van der Waals surface area contributed by atoms with Crippen LogP contribution in [0, 0.1) is 11.3 Å². The molecule has 0 N–H and O–H groups in total. The van der Waals surface area contributed by atoms with E-state index in [0.29, 0.717) is 11.5 Å². The number of hydrogen-bond donors (Lipinski definition) is 0. The normalized spacial score (nSPS) is 10.6. The van der Waals surface area contributed by atoms with E-state index in [2.05, 4.69) is 19.9 Å². The minimum absolute atomic E-state index is 0.278. The zero-order valence-electron chi connectivity index (χ0n) is 7.49. The molecule has 0 spiro atoms. The predicted octanol–water partition coefficient (Wildman–Crippen LogP) is 0.496. The maximum absolute atomic E-state index is 8.93. The first-order valence-electron chi connectivity index (χ1n) is 4.23. The Bertz CT molecular complexity index is 649. The topological polar surface area (TPSA) is 79.8 Å². The maximum Gasteiger partial charge on any atom is 0.219 e. The van der Waals surface area contributed by atoms with E-state index >= 15 is 0 Å². The SMILES string of the molecule is N#Cc1nc2ncnc-2c2cnccn12. The summed E-state index contributed by atoms with van der Waals surface area (Å²) in [5.74, 6) is 0.750. The quantitative estimate of drug-likeness (QED) is 0.523. The minimum atomic E-state index is 0.278. The average molecular weight is 196 g/mol. The monoisotopic (exact) mass is 196 g/mol. The van der Waals surface area contributed by atoms with Gasteiger partial charge in [-0.3, -0.25) is 9.38 Å². The van der Waals surface area contributed by atoms with Crippen LogP contribution in [0.15, 0.2) is 24.9 Å². The first kappa shape index (κ1) is 7.82. The highest BCUT2D eigenvalue weighted by molar-refractivity contribution is 5.73. The molecule has 15 heavy (non-hydrogen) atoms. The summed E-state index contributed by atoms with van der Waals surface area (Å²) in [6.07, 6.45) is 6.33. The molecule has 1 aromatic rings. The summed E-state index contributed by atoms with van der Waals surface area (Å²) in [6.45, 7) is 0. The van der Waals surface area contributed by atoms with Crippen molar-refractivity contribution < 1.29 is 0 Å². The van der Waals surface area contributed by atoms with E-state index < -0.39 is 0 Å². The van der Waals surface area contributed by atoms with E-state index in [0.717, 1.165) is 5.52 Å². The number of nitriles is 1. The van der Waals surface area contributed by atoms with Gasteiger partial charge in [0.2, 0.25) is 5.82 Å². The Morgan fingerprint density at radius 3 is 3.13 bits per heavy atom. The molecule has 0 bridgehead atoms. The van der Waals surface area contributed by atoms with Gasteiger partial charge >= 0.3 is 0 Å². The molecule has 0 amide bonds. The van der Waals surface area contributed by atoms with Crippen LogP contribution in [0.3, 0.4) is 0 Å². The van der Waals surface area contributed by atoms with Gasteiger partial charge in [0.15, 0.2) is 5.82 Å². The van der Waals surface area contributed by atoms with Crippen molar-refractivity contribution in [1.82, 2.24) is 24.3 Å². The van der Waals surface area contributed by atoms with E-state index in [9.17, 15) is 0 Å². The molecule has 3 rings (SSSR count). The van der Waals surface area contributed by atoms with Crippen LogP contribution >= 0.6 is 0 Å². The van der Waals surface area contributed by atoms with Crippen molar-refractivity contribution in [1.29, 1.82) is 5.26 Å². The summed E-state index contributed by atoms with van der Waals surface area (Å²) < 4.78 is 1.64. The van der Waals surface area contributed by atoms with Crippen LogP contribution in [0.2, 0.25) is 0 Å². The van der Waals surface area contributed by atoms with Crippen LogP contribution in [0.25, 0.3) is 17.0 Å². The molecule has 1 aromatic heterocycles. The highest BCUT2D eigenvalue weighted by atomic mass is 15.1. The Kier molecular flexibility index (Phi) is 1.42. The third-order valence-corrected chi connectivity index (χ3v) is 2.12. The fourth-order valence-electron chi connectivity index (χ4n) is 1.48. The molecule has 70 valence electrons. The van der Waals surface area contributed by atoms with Gasteiger partial charge in [0, 0.05) is 12.4 Å². The molecular formula is C9H4N6. The fraction of sp³-hybridized carbons (Fsp3) is 0. The predicted molar refractivity (Wildman–Crippen MR) is 49.9 cm³/mol. The Morgan fingerprint density at radius 1 is 1.33 bits per heavy atom. The lowest BCUT2D eigenvalue weighted by Gasteiger charge is -2.04. The van der Waals surface area contributed by atoms with Crippen molar-refractivity contribution in [2.75, 3.05) is 0 Å². The summed E-state index contributed by atoms with van der Waals surface area (Å²) in [7, 11) is 0.